The van der Waals surface area contributed by atoms with Crippen LogP contribution >= 0.6 is 0 Å². The third kappa shape index (κ3) is 2.59. The van der Waals surface area contributed by atoms with Crippen molar-refractivity contribution in [3.63, 3.8) is 0 Å². The molecule has 2 unspecified atom stereocenters. The molecule has 27 heavy (non-hydrogen) atoms. The summed E-state index contributed by atoms with van der Waals surface area (Å²) in [5.41, 5.74) is 3.39. The van der Waals surface area contributed by atoms with E-state index in [-0.39, 0.29) is 29.1 Å². The van der Waals surface area contributed by atoms with E-state index in [0.29, 0.717) is 24.7 Å². The molecule has 5 atom stereocenters. The molecule has 0 N–H and O–H groups in total. The Morgan fingerprint density at radius 3 is 2.52 bits per heavy atom. The maximum absolute atomic E-state index is 12.6. The summed E-state index contributed by atoms with van der Waals surface area (Å²) < 4.78 is 5.65. The molecule has 0 saturated heterocycles. The summed E-state index contributed by atoms with van der Waals surface area (Å²) in [5, 5.41) is 0. The summed E-state index contributed by atoms with van der Waals surface area (Å²) in [6.45, 7) is 7.38. The molecular weight excluding hydrogens is 340 g/mol. The molecule has 4 rings (SSSR count). The van der Waals surface area contributed by atoms with E-state index >= 15 is 0 Å². The van der Waals surface area contributed by atoms with Gasteiger partial charge in [0.15, 0.2) is 5.78 Å². The zero-order valence-corrected chi connectivity index (χ0v) is 16.9. The standard InChI is InChI=1S/C23H30O4/c1-13(24)23(4)20-8-7-19-17(18(20)12-21(23)27-14(2)25)6-5-15-11-16(26)9-10-22(15,19)3/h11,17,19,21H,5-10,12H2,1-4H3/t17-,19-,21?,22-,23?/m0/s1. The number of fused-ring (bicyclic) bond motifs is 4. The van der Waals surface area contributed by atoms with Gasteiger partial charge in [0.2, 0.25) is 0 Å². The lowest BCUT2D eigenvalue weighted by Crippen LogP contribution is -2.44. The second-order valence-corrected chi connectivity index (χ2v) is 9.41. The topological polar surface area (TPSA) is 60.4 Å². The number of allylic oxidation sites excluding steroid dienone is 2. The number of hydrogen-bond acceptors (Lipinski definition) is 4. The van der Waals surface area contributed by atoms with Gasteiger partial charge in [0.1, 0.15) is 11.9 Å². The third-order valence-electron chi connectivity index (χ3n) is 8.24. The van der Waals surface area contributed by atoms with Crippen molar-refractivity contribution in [1.29, 1.82) is 0 Å². The van der Waals surface area contributed by atoms with Gasteiger partial charge in [-0.25, -0.2) is 0 Å². The van der Waals surface area contributed by atoms with Crippen LogP contribution in [0.25, 0.3) is 0 Å². The van der Waals surface area contributed by atoms with Crippen LogP contribution in [0.4, 0.5) is 0 Å². The van der Waals surface area contributed by atoms with Crippen molar-refractivity contribution in [3.8, 4) is 0 Å². The van der Waals surface area contributed by atoms with Crippen molar-refractivity contribution >= 4 is 17.5 Å². The van der Waals surface area contributed by atoms with Gasteiger partial charge >= 0.3 is 5.97 Å². The van der Waals surface area contributed by atoms with E-state index in [9.17, 15) is 14.4 Å². The molecule has 0 heterocycles. The van der Waals surface area contributed by atoms with Gasteiger partial charge in [0, 0.05) is 19.8 Å². The van der Waals surface area contributed by atoms with Crippen molar-refractivity contribution in [3.05, 3.63) is 22.8 Å². The van der Waals surface area contributed by atoms with Gasteiger partial charge in [-0.2, -0.15) is 0 Å². The molecule has 4 aliphatic rings. The molecule has 146 valence electrons. The maximum atomic E-state index is 12.6. The predicted molar refractivity (Wildman–Crippen MR) is 102 cm³/mol. The predicted octanol–water partition coefficient (Wildman–Crippen LogP) is 4.33. The molecule has 1 saturated carbocycles. The van der Waals surface area contributed by atoms with Crippen molar-refractivity contribution in [2.24, 2.45) is 22.7 Å². The first kappa shape index (κ1) is 18.6. The van der Waals surface area contributed by atoms with Gasteiger partial charge in [0.05, 0.1) is 5.41 Å². The van der Waals surface area contributed by atoms with Gasteiger partial charge in [-0.15, -0.1) is 0 Å². The quantitative estimate of drug-likeness (QED) is 0.536. The Morgan fingerprint density at radius 2 is 1.85 bits per heavy atom. The van der Waals surface area contributed by atoms with Crippen molar-refractivity contribution in [2.45, 2.75) is 78.7 Å². The largest absolute Gasteiger partial charge is 0.461 e. The van der Waals surface area contributed by atoms with Crippen molar-refractivity contribution in [1.82, 2.24) is 0 Å². The summed E-state index contributed by atoms with van der Waals surface area (Å²) in [4.78, 5) is 36.2. The highest BCUT2D eigenvalue weighted by Crippen LogP contribution is 2.62. The van der Waals surface area contributed by atoms with Gasteiger partial charge in [-0.1, -0.05) is 23.6 Å². The zero-order chi connectivity index (χ0) is 19.6. The molecule has 0 aromatic heterocycles. The molecule has 0 aliphatic heterocycles. The van der Waals surface area contributed by atoms with Crippen LogP contribution in [-0.4, -0.2) is 23.6 Å². The Balaban J connectivity index is 1.72. The van der Waals surface area contributed by atoms with Crippen LogP contribution in [0, 0.1) is 22.7 Å². The summed E-state index contributed by atoms with van der Waals surface area (Å²) >= 11 is 0. The van der Waals surface area contributed by atoms with Gasteiger partial charge in [-0.05, 0) is 69.3 Å². The number of ketones is 2. The fourth-order valence-electron chi connectivity index (χ4n) is 6.60. The summed E-state index contributed by atoms with van der Waals surface area (Å²) in [6.07, 6.45) is 7.81. The van der Waals surface area contributed by atoms with Crippen LogP contribution in [0.15, 0.2) is 22.8 Å². The minimum absolute atomic E-state index is 0.0987. The Labute approximate surface area is 161 Å². The fraction of sp³-hybridized carbons (Fsp3) is 0.696. The molecule has 4 nitrogen and oxygen atoms in total. The molecule has 0 aromatic rings. The molecule has 0 bridgehead atoms. The lowest BCUT2D eigenvalue weighted by atomic mass is 9.52. The average molecular weight is 370 g/mol. The highest BCUT2D eigenvalue weighted by Gasteiger charge is 2.57. The Hall–Kier alpha value is -1.71. The molecule has 1 fully saturated rings. The van der Waals surface area contributed by atoms with E-state index in [1.54, 1.807) is 6.92 Å². The van der Waals surface area contributed by atoms with Crippen LogP contribution in [0.1, 0.15) is 72.6 Å². The minimum Gasteiger partial charge on any atom is -0.461 e. The Morgan fingerprint density at radius 1 is 1.11 bits per heavy atom. The van der Waals surface area contributed by atoms with E-state index in [1.165, 1.54) is 23.6 Å². The Kier molecular flexibility index (Phi) is 4.25. The molecule has 4 heteroatoms. The number of ether oxygens (including phenoxy) is 1. The Bertz CT molecular complexity index is 788. The number of rotatable bonds is 2. The molecule has 0 spiro atoms. The maximum Gasteiger partial charge on any atom is 0.302 e. The van der Waals surface area contributed by atoms with Gasteiger partial charge < -0.3 is 4.74 Å². The van der Waals surface area contributed by atoms with Gasteiger partial charge in [0.25, 0.3) is 0 Å². The second-order valence-electron chi connectivity index (χ2n) is 9.41. The highest BCUT2D eigenvalue weighted by molar-refractivity contribution is 5.91. The molecule has 0 aromatic carbocycles. The SMILES string of the molecule is CC(=O)OC1CC2=C(CC[C@H]3[C@H]2CCC2=CC(=O)CC[C@@]23C)C1(C)C(C)=O. The first-order valence-electron chi connectivity index (χ1n) is 10.3. The highest BCUT2D eigenvalue weighted by atomic mass is 16.5. The smallest absolute Gasteiger partial charge is 0.302 e. The summed E-state index contributed by atoms with van der Waals surface area (Å²) in [5.74, 6) is 1.04. The van der Waals surface area contributed by atoms with Crippen LogP contribution in [-0.2, 0) is 19.1 Å². The van der Waals surface area contributed by atoms with E-state index < -0.39 is 5.41 Å². The second kappa shape index (κ2) is 6.15. The molecule has 0 radical (unpaired) electrons. The van der Waals surface area contributed by atoms with Crippen molar-refractivity contribution in [2.75, 3.05) is 0 Å². The molecular formula is C23H30O4. The lowest BCUT2D eigenvalue weighted by Gasteiger charge is -2.52. The third-order valence-corrected chi connectivity index (χ3v) is 8.24. The van der Waals surface area contributed by atoms with E-state index in [0.717, 1.165) is 32.1 Å². The normalized spacial score (nSPS) is 40.7. The van der Waals surface area contributed by atoms with E-state index in [2.05, 4.69) is 6.92 Å². The first-order chi connectivity index (χ1) is 12.7. The minimum atomic E-state index is -0.675. The molecule has 4 aliphatic carbocycles. The zero-order valence-electron chi connectivity index (χ0n) is 16.9. The number of esters is 1. The summed E-state index contributed by atoms with van der Waals surface area (Å²) in [7, 11) is 0. The number of Topliss-reactive ketones (excluding diaryl/α,β-unsaturated/α-hetero) is 1. The van der Waals surface area contributed by atoms with Crippen LogP contribution in [0.3, 0.4) is 0 Å². The number of hydrogen-bond donors (Lipinski definition) is 0. The van der Waals surface area contributed by atoms with Crippen LogP contribution in [0.2, 0.25) is 0 Å². The van der Waals surface area contributed by atoms with E-state index in [1.807, 2.05) is 13.0 Å². The van der Waals surface area contributed by atoms with Gasteiger partial charge in [-0.3, -0.25) is 14.4 Å². The number of carbonyl (C=O) groups is 3. The average Bonchev–Trinajstić information content (AvgIpc) is 2.89. The summed E-state index contributed by atoms with van der Waals surface area (Å²) in [6, 6.07) is 0. The van der Waals surface area contributed by atoms with Crippen molar-refractivity contribution < 1.29 is 19.1 Å². The number of carbonyl (C=O) groups excluding carboxylic acids is 3. The fourth-order valence-corrected chi connectivity index (χ4v) is 6.60. The monoisotopic (exact) mass is 370 g/mol. The van der Waals surface area contributed by atoms with Crippen LogP contribution < -0.4 is 0 Å². The van der Waals surface area contributed by atoms with Crippen LogP contribution in [0.5, 0.6) is 0 Å². The first-order valence-corrected chi connectivity index (χ1v) is 10.3. The molecule has 0 amide bonds. The lowest BCUT2D eigenvalue weighted by molar-refractivity contribution is -0.153. The van der Waals surface area contributed by atoms with E-state index in [4.69, 9.17) is 4.74 Å².